The highest BCUT2D eigenvalue weighted by Gasteiger charge is 2.44. The van der Waals surface area contributed by atoms with E-state index in [-0.39, 0.29) is 9.37 Å². The molecule has 2 rings (SSSR count). The van der Waals surface area contributed by atoms with Crippen molar-refractivity contribution in [2.24, 2.45) is 5.10 Å². The number of halogens is 3. The fraction of sp³-hybridized carbons (Fsp3) is 0.0714. The molecule has 0 aromatic heterocycles. The van der Waals surface area contributed by atoms with Gasteiger partial charge in [0.25, 0.3) is 10.0 Å². The number of hydrazone groups is 1. The molecule has 7 nitrogen and oxygen atoms in total. The molecule has 0 radical (unpaired) electrons. The SMILES string of the molecule is O=[P+](O)OC(F)(F)c1ccc(/C=N\NS(=O)(=O)c2ccccc2)cc1Br. The number of hydrogen-bond acceptors (Lipinski definition) is 5. The first-order chi connectivity index (χ1) is 12.1. The van der Waals surface area contributed by atoms with E-state index >= 15 is 0 Å². The number of nitrogens with zero attached hydrogens (tertiary/aromatic N) is 1. The van der Waals surface area contributed by atoms with Crippen LogP contribution in [0.15, 0.2) is 63.0 Å². The van der Waals surface area contributed by atoms with Crippen LogP contribution in [0.25, 0.3) is 0 Å². The lowest BCUT2D eigenvalue weighted by atomic mass is 10.1. The largest absolute Gasteiger partial charge is 0.701 e. The van der Waals surface area contributed by atoms with Gasteiger partial charge in [-0.25, -0.2) is 4.83 Å². The Balaban J connectivity index is 2.15. The number of hydrogen-bond donors (Lipinski definition) is 2. The minimum absolute atomic E-state index is 0.0172. The quantitative estimate of drug-likeness (QED) is 0.368. The fourth-order valence-electron chi connectivity index (χ4n) is 1.82. The van der Waals surface area contributed by atoms with E-state index in [1.165, 1.54) is 24.3 Å². The van der Waals surface area contributed by atoms with Crippen LogP contribution in [0.4, 0.5) is 8.78 Å². The predicted molar refractivity (Wildman–Crippen MR) is 93.3 cm³/mol. The Hall–Kier alpha value is -1.78. The third-order valence-corrected chi connectivity index (χ3v) is 5.22. The van der Waals surface area contributed by atoms with Crippen molar-refractivity contribution in [3.05, 3.63) is 64.1 Å². The summed E-state index contributed by atoms with van der Waals surface area (Å²) in [6.45, 7) is 0. The van der Waals surface area contributed by atoms with Crippen LogP contribution in [0, 0.1) is 0 Å². The van der Waals surface area contributed by atoms with Crippen molar-refractivity contribution >= 4 is 40.4 Å². The smallest absolute Gasteiger partial charge is 0.200 e. The number of alkyl halides is 2. The Morgan fingerprint density at radius 2 is 1.88 bits per heavy atom. The third kappa shape index (κ3) is 5.36. The Morgan fingerprint density at radius 3 is 2.46 bits per heavy atom. The van der Waals surface area contributed by atoms with Crippen molar-refractivity contribution in [3.8, 4) is 0 Å². The van der Waals surface area contributed by atoms with Gasteiger partial charge in [-0.1, -0.05) is 40.2 Å². The molecule has 0 amide bonds. The van der Waals surface area contributed by atoms with Crippen molar-refractivity contribution in [2.45, 2.75) is 11.0 Å². The molecule has 2 aromatic carbocycles. The lowest BCUT2D eigenvalue weighted by molar-refractivity contribution is -0.186. The van der Waals surface area contributed by atoms with Gasteiger partial charge >= 0.3 is 14.4 Å². The normalized spacial score (nSPS) is 13.0. The summed E-state index contributed by atoms with van der Waals surface area (Å²) in [6.07, 6.45) is -2.87. The summed E-state index contributed by atoms with van der Waals surface area (Å²) in [7, 11) is -7.35. The van der Waals surface area contributed by atoms with Crippen LogP contribution < -0.4 is 4.83 Å². The molecule has 1 atom stereocenters. The highest BCUT2D eigenvalue weighted by atomic mass is 79.9. The number of rotatable bonds is 7. The summed E-state index contributed by atoms with van der Waals surface area (Å²) in [5.74, 6) is 0. The minimum atomic E-state index is -3.98. The summed E-state index contributed by atoms with van der Waals surface area (Å²) < 4.78 is 65.3. The van der Waals surface area contributed by atoms with E-state index < -0.39 is 30.0 Å². The van der Waals surface area contributed by atoms with Crippen molar-refractivity contribution in [2.75, 3.05) is 0 Å². The average Bonchev–Trinajstić information content (AvgIpc) is 2.54. The Bertz CT molecular complexity index is 942. The zero-order valence-corrected chi connectivity index (χ0v) is 16.0. The van der Waals surface area contributed by atoms with Crippen molar-refractivity contribution < 1.29 is 31.2 Å². The van der Waals surface area contributed by atoms with Gasteiger partial charge in [-0.3, -0.25) is 0 Å². The van der Waals surface area contributed by atoms with Gasteiger partial charge in [0.15, 0.2) is 0 Å². The molecular formula is C14H11BrF2N2O5PS+. The molecule has 0 spiro atoms. The van der Waals surface area contributed by atoms with Crippen LogP contribution in [0.5, 0.6) is 0 Å². The van der Waals surface area contributed by atoms with Crippen molar-refractivity contribution in [1.82, 2.24) is 4.83 Å². The molecule has 2 N–H and O–H groups in total. The molecule has 0 saturated carbocycles. The summed E-state index contributed by atoms with van der Waals surface area (Å²) in [6, 6.07) is 10.9. The second kappa shape index (κ2) is 8.28. The number of nitrogens with one attached hydrogen (secondary N) is 1. The molecule has 0 aliphatic rings. The first-order valence-electron chi connectivity index (χ1n) is 6.75. The molecule has 0 fully saturated rings. The van der Waals surface area contributed by atoms with E-state index in [1.807, 2.05) is 4.83 Å². The topological polar surface area (TPSA) is 105 Å². The third-order valence-electron chi connectivity index (χ3n) is 2.94. The zero-order chi connectivity index (χ0) is 19.4. The van der Waals surface area contributed by atoms with Gasteiger partial charge in [0, 0.05) is 9.04 Å². The standard InChI is InChI=1S/C14H10BrF2N2O5PS/c15-13-8-10(6-7-12(13)14(16,17)24-25(20)21)9-18-19-26(22,23)11-4-2-1-3-5-11/h1-9,19H/p+1/b18-9-. The Kier molecular flexibility index (Phi) is 6.53. The van der Waals surface area contributed by atoms with Gasteiger partial charge in [0.1, 0.15) is 0 Å². The van der Waals surface area contributed by atoms with Gasteiger partial charge in [-0.15, -0.1) is 4.89 Å². The van der Waals surface area contributed by atoms with Crippen molar-refractivity contribution in [1.29, 1.82) is 0 Å². The van der Waals surface area contributed by atoms with Crippen LogP contribution in [-0.2, 0) is 25.2 Å². The van der Waals surface area contributed by atoms with E-state index in [2.05, 4.69) is 25.6 Å². The first kappa shape index (κ1) is 20.5. The van der Waals surface area contributed by atoms with Gasteiger partial charge in [-0.05, 0) is 34.4 Å². The number of benzene rings is 2. The monoisotopic (exact) mass is 467 g/mol. The summed E-state index contributed by atoms with van der Waals surface area (Å²) in [5.41, 5.74) is -0.377. The first-order valence-corrected chi connectivity index (χ1v) is 10.2. The molecule has 0 saturated heterocycles. The summed E-state index contributed by atoms with van der Waals surface area (Å²) in [4.78, 5) is 10.5. The van der Waals surface area contributed by atoms with Crippen LogP contribution in [-0.4, -0.2) is 19.5 Å². The molecule has 12 heteroatoms. The van der Waals surface area contributed by atoms with E-state index in [0.717, 1.165) is 12.3 Å². The molecule has 138 valence electrons. The predicted octanol–water partition coefficient (Wildman–Crippen LogP) is 3.48. The lowest BCUT2D eigenvalue weighted by Crippen LogP contribution is -2.18. The van der Waals surface area contributed by atoms with E-state index in [9.17, 15) is 21.8 Å². The van der Waals surface area contributed by atoms with Gasteiger partial charge < -0.3 is 0 Å². The van der Waals surface area contributed by atoms with Crippen LogP contribution in [0.3, 0.4) is 0 Å². The highest BCUT2D eigenvalue weighted by molar-refractivity contribution is 9.10. The highest BCUT2D eigenvalue weighted by Crippen LogP contribution is 2.40. The molecule has 2 aromatic rings. The summed E-state index contributed by atoms with van der Waals surface area (Å²) >= 11 is 2.90. The zero-order valence-electron chi connectivity index (χ0n) is 12.7. The minimum Gasteiger partial charge on any atom is -0.200 e. The molecule has 0 aliphatic heterocycles. The molecule has 0 bridgehead atoms. The average molecular weight is 468 g/mol. The molecule has 26 heavy (non-hydrogen) atoms. The van der Waals surface area contributed by atoms with E-state index in [0.29, 0.717) is 5.56 Å². The molecule has 0 heterocycles. The maximum Gasteiger partial charge on any atom is 0.701 e. The lowest BCUT2D eigenvalue weighted by Gasteiger charge is -2.11. The number of sulfonamides is 1. The van der Waals surface area contributed by atoms with E-state index in [4.69, 9.17) is 4.89 Å². The van der Waals surface area contributed by atoms with E-state index in [1.54, 1.807) is 18.2 Å². The van der Waals surface area contributed by atoms with Crippen LogP contribution in [0.1, 0.15) is 11.1 Å². The second-order valence-electron chi connectivity index (χ2n) is 4.75. The fourth-order valence-corrected chi connectivity index (χ4v) is 3.55. The van der Waals surface area contributed by atoms with Crippen LogP contribution in [0.2, 0.25) is 0 Å². The molecule has 0 aliphatic carbocycles. The molecular weight excluding hydrogens is 457 g/mol. The van der Waals surface area contributed by atoms with Crippen molar-refractivity contribution in [3.63, 3.8) is 0 Å². The Labute approximate surface area is 156 Å². The van der Waals surface area contributed by atoms with Crippen LogP contribution >= 0.6 is 24.2 Å². The van der Waals surface area contributed by atoms with Gasteiger partial charge in [-0.2, -0.15) is 22.3 Å². The summed E-state index contributed by atoms with van der Waals surface area (Å²) in [5, 5.41) is 3.58. The van der Waals surface area contributed by atoms with Gasteiger partial charge in [0.05, 0.1) is 16.7 Å². The maximum atomic E-state index is 13.7. The second-order valence-corrected chi connectivity index (χ2v) is 7.92. The maximum absolute atomic E-state index is 13.7. The Morgan fingerprint density at radius 1 is 1.23 bits per heavy atom. The van der Waals surface area contributed by atoms with Gasteiger partial charge in [0.2, 0.25) is 0 Å². The molecule has 1 unspecified atom stereocenters.